The predicted octanol–water partition coefficient (Wildman–Crippen LogP) is 3.23. The van der Waals surface area contributed by atoms with Crippen molar-refractivity contribution in [2.24, 2.45) is 5.92 Å². The molecule has 16 heavy (non-hydrogen) atoms. The number of aromatic nitrogens is 2. The summed E-state index contributed by atoms with van der Waals surface area (Å²) in [5.41, 5.74) is 1.06. The van der Waals surface area contributed by atoms with E-state index in [9.17, 15) is 0 Å². The average Bonchev–Trinajstić information content (AvgIpc) is 2.74. The number of rotatable bonds is 9. The predicted molar refractivity (Wildman–Crippen MR) is 69.5 cm³/mol. The Bertz CT molecular complexity index is 247. The zero-order chi connectivity index (χ0) is 11.6. The Morgan fingerprint density at radius 1 is 1.25 bits per heavy atom. The molecule has 0 saturated heterocycles. The highest BCUT2D eigenvalue weighted by Crippen LogP contribution is 2.08. The van der Waals surface area contributed by atoms with Crippen molar-refractivity contribution in [2.75, 3.05) is 6.54 Å². The van der Waals surface area contributed by atoms with Crippen LogP contribution in [0.4, 0.5) is 0 Å². The van der Waals surface area contributed by atoms with Crippen LogP contribution >= 0.6 is 11.5 Å². The van der Waals surface area contributed by atoms with E-state index in [4.69, 9.17) is 0 Å². The lowest BCUT2D eigenvalue weighted by atomic mass is 10.0. The van der Waals surface area contributed by atoms with Crippen molar-refractivity contribution in [3.05, 3.63) is 11.1 Å². The van der Waals surface area contributed by atoms with Crippen molar-refractivity contribution < 1.29 is 0 Å². The van der Waals surface area contributed by atoms with Gasteiger partial charge in [0.2, 0.25) is 0 Å². The maximum atomic E-state index is 3.99. The molecular formula is C12H23N3S. The number of hydrogen-bond acceptors (Lipinski definition) is 4. The first-order chi connectivity index (χ1) is 7.79. The summed E-state index contributed by atoms with van der Waals surface area (Å²) in [5, 5.41) is 9.38. The van der Waals surface area contributed by atoms with Gasteiger partial charge in [-0.25, -0.2) is 0 Å². The highest BCUT2D eigenvalue weighted by molar-refractivity contribution is 7.03. The molecule has 0 spiro atoms. The SMILES string of the molecule is CC(C)CCCCCCNCc1csnn1. The molecule has 92 valence electrons. The highest BCUT2D eigenvalue weighted by Gasteiger charge is 1.96. The zero-order valence-corrected chi connectivity index (χ0v) is 11.2. The standard InChI is InChI=1S/C12H23N3S/c1-11(2)7-5-3-4-6-8-13-9-12-10-16-15-14-12/h10-11,13H,3-9H2,1-2H3. The maximum Gasteiger partial charge on any atom is 0.0893 e. The second kappa shape index (κ2) is 8.65. The summed E-state index contributed by atoms with van der Waals surface area (Å²) in [4.78, 5) is 0. The molecule has 0 aliphatic heterocycles. The Labute approximate surface area is 103 Å². The van der Waals surface area contributed by atoms with Crippen molar-refractivity contribution in [3.63, 3.8) is 0 Å². The van der Waals surface area contributed by atoms with Crippen LogP contribution in [-0.4, -0.2) is 16.1 Å². The van der Waals surface area contributed by atoms with E-state index in [1.165, 1.54) is 43.6 Å². The number of nitrogens with zero attached hydrogens (tertiary/aromatic N) is 2. The molecule has 0 aromatic carbocycles. The smallest absolute Gasteiger partial charge is 0.0893 e. The summed E-state index contributed by atoms with van der Waals surface area (Å²) in [6.07, 6.45) is 6.74. The molecule has 1 rings (SSSR count). The van der Waals surface area contributed by atoms with E-state index >= 15 is 0 Å². The van der Waals surface area contributed by atoms with Crippen molar-refractivity contribution in [1.29, 1.82) is 0 Å². The van der Waals surface area contributed by atoms with Crippen LogP contribution in [0.5, 0.6) is 0 Å². The van der Waals surface area contributed by atoms with Gasteiger partial charge in [-0.1, -0.05) is 44.0 Å². The molecule has 0 aliphatic carbocycles. The minimum absolute atomic E-state index is 0.857. The largest absolute Gasteiger partial charge is 0.311 e. The quantitative estimate of drug-likeness (QED) is 0.674. The van der Waals surface area contributed by atoms with Gasteiger partial charge in [0.15, 0.2) is 0 Å². The molecule has 0 amide bonds. The summed E-state index contributed by atoms with van der Waals surface area (Å²) in [7, 11) is 0. The molecule has 0 atom stereocenters. The number of nitrogens with one attached hydrogen (secondary N) is 1. The summed E-state index contributed by atoms with van der Waals surface area (Å²) in [6, 6.07) is 0. The first-order valence-corrected chi connectivity index (χ1v) is 7.09. The Balaban J connectivity index is 1.82. The van der Waals surface area contributed by atoms with E-state index in [2.05, 4.69) is 28.8 Å². The molecule has 1 aromatic rings. The first-order valence-electron chi connectivity index (χ1n) is 6.25. The molecule has 0 radical (unpaired) electrons. The van der Waals surface area contributed by atoms with Gasteiger partial charge >= 0.3 is 0 Å². The summed E-state index contributed by atoms with van der Waals surface area (Å²) < 4.78 is 3.83. The van der Waals surface area contributed by atoms with Gasteiger partial charge < -0.3 is 5.32 Å². The average molecular weight is 241 g/mol. The Hall–Kier alpha value is -0.480. The lowest BCUT2D eigenvalue weighted by Gasteiger charge is -2.04. The van der Waals surface area contributed by atoms with E-state index in [-0.39, 0.29) is 0 Å². The van der Waals surface area contributed by atoms with E-state index in [1.807, 2.05) is 5.38 Å². The molecule has 0 fully saturated rings. The van der Waals surface area contributed by atoms with Crippen LogP contribution in [0.1, 0.15) is 51.6 Å². The fourth-order valence-electron chi connectivity index (χ4n) is 1.63. The topological polar surface area (TPSA) is 37.8 Å². The van der Waals surface area contributed by atoms with Gasteiger partial charge in [0.05, 0.1) is 5.69 Å². The van der Waals surface area contributed by atoms with Gasteiger partial charge in [-0.15, -0.1) is 5.10 Å². The van der Waals surface area contributed by atoms with Crippen molar-refractivity contribution >= 4 is 11.5 Å². The minimum atomic E-state index is 0.857. The van der Waals surface area contributed by atoms with Crippen LogP contribution in [0.25, 0.3) is 0 Å². The lowest BCUT2D eigenvalue weighted by molar-refractivity contribution is 0.511. The molecule has 0 unspecified atom stereocenters. The fourth-order valence-corrected chi connectivity index (χ4v) is 2.08. The second-order valence-corrected chi connectivity index (χ2v) is 5.28. The molecular weight excluding hydrogens is 218 g/mol. The van der Waals surface area contributed by atoms with Crippen molar-refractivity contribution in [2.45, 2.75) is 52.5 Å². The third-order valence-electron chi connectivity index (χ3n) is 2.60. The van der Waals surface area contributed by atoms with Crippen LogP contribution in [-0.2, 0) is 6.54 Å². The Morgan fingerprint density at radius 3 is 2.75 bits per heavy atom. The van der Waals surface area contributed by atoms with E-state index in [0.29, 0.717) is 0 Å². The fraction of sp³-hybridized carbons (Fsp3) is 0.833. The van der Waals surface area contributed by atoms with Gasteiger partial charge in [-0.2, -0.15) is 0 Å². The number of hydrogen-bond donors (Lipinski definition) is 1. The molecule has 0 aliphatic rings. The van der Waals surface area contributed by atoms with Gasteiger partial charge in [0.25, 0.3) is 0 Å². The molecule has 1 heterocycles. The zero-order valence-electron chi connectivity index (χ0n) is 10.4. The highest BCUT2D eigenvalue weighted by atomic mass is 32.1. The monoisotopic (exact) mass is 241 g/mol. The summed E-state index contributed by atoms with van der Waals surface area (Å²) in [5.74, 6) is 0.857. The molecule has 3 nitrogen and oxygen atoms in total. The van der Waals surface area contributed by atoms with Gasteiger partial charge in [-0.3, -0.25) is 0 Å². The summed E-state index contributed by atoms with van der Waals surface area (Å²) >= 11 is 1.42. The lowest BCUT2D eigenvalue weighted by Crippen LogP contribution is -2.14. The van der Waals surface area contributed by atoms with E-state index in [1.54, 1.807) is 0 Å². The van der Waals surface area contributed by atoms with Crippen molar-refractivity contribution in [1.82, 2.24) is 14.9 Å². The Kier molecular flexibility index (Phi) is 7.34. The minimum Gasteiger partial charge on any atom is -0.311 e. The van der Waals surface area contributed by atoms with Gasteiger partial charge in [0, 0.05) is 11.9 Å². The van der Waals surface area contributed by atoms with Crippen molar-refractivity contribution in [3.8, 4) is 0 Å². The third kappa shape index (κ3) is 6.90. The third-order valence-corrected chi connectivity index (χ3v) is 3.15. The van der Waals surface area contributed by atoms with Gasteiger partial charge in [0.1, 0.15) is 0 Å². The van der Waals surface area contributed by atoms with Crippen LogP contribution in [0, 0.1) is 5.92 Å². The molecule has 1 N–H and O–H groups in total. The summed E-state index contributed by atoms with van der Waals surface area (Å²) in [6.45, 7) is 6.55. The Morgan fingerprint density at radius 2 is 2.06 bits per heavy atom. The molecule has 1 aromatic heterocycles. The molecule has 0 saturated carbocycles. The molecule has 4 heteroatoms. The maximum absolute atomic E-state index is 3.99. The van der Waals surface area contributed by atoms with Crippen LogP contribution < -0.4 is 5.32 Å². The van der Waals surface area contributed by atoms with E-state index in [0.717, 1.165) is 24.7 Å². The van der Waals surface area contributed by atoms with E-state index < -0.39 is 0 Å². The van der Waals surface area contributed by atoms with Gasteiger partial charge in [-0.05, 0) is 30.4 Å². The van der Waals surface area contributed by atoms with Crippen LogP contribution in [0.15, 0.2) is 5.38 Å². The van der Waals surface area contributed by atoms with Crippen LogP contribution in [0.3, 0.4) is 0 Å². The second-order valence-electron chi connectivity index (χ2n) is 4.67. The van der Waals surface area contributed by atoms with Crippen LogP contribution in [0.2, 0.25) is 0 Å². The normalized spacial score (nSPS) is 11.2. The molecule has 0 bridgehead atoms. The number of unbranched alkanes of at least 4 members (excludes halogenated alkanes) is 3. The first kappa shape index (κ1) is 13.6.